The number of hydrogen-bond donors (Lipinski definition) is 2. The lowest BCUT2D eigenvalue weighted by atomic mass is 9.84. The molecule has 1 saturated heterocycles. The van der Waals surface area contributed by atoms with E-state index in [0.717, 1.165) is 32.6 Å². The number of hydrogen-bond acceptors (Lipinski definition) is 4. The van der Waals surface area contributed by atoms with Gasteiger partial charge in [-0.25, -0.2) is 0 Å². The molecule has 3 fully saturated rings. The van der Waals surface area contributed by atoms with Gasteiger partial charge >= 0.3 is 0 Å². The molecule has 126 valence electrons. The van der Waals surface area contributed by atoms with Gasteiger partial charge in [-0.15, -0.1) is 12.4 Å². The van der Waals surface area contributed by atoms with Crippen LogP contribution in [0.2, 0.25) is 0 Å². The number of carbonyl (C=O) groups excluding carboxylic acids is 2. The second-order valence-corrected chi connectivity index (χ2v) is 6.71. The summed E-state index contributed by atoms with van der Waals surface area (Å²) in [5.74, 6) is 1.42. The molecule has 6 nitrogen and oxygen atoms in total. The van der Waals surface area contributed by atoms with Gasteiger partial charge in [0.05, 0.1) is 12.5 Å². The van der Waals surface area contributed by atoms with E-state index in [2.05, 4.69) is 10.2 Å². The van der Waals surface area contributed by atoms with Gasteiger partial charge in [-0.05, 0) is 31.1 Å². The first-order valence-electron chi connectivity index (χ1n) is 8.07. The van der Waals surface area contributed by atoms with Crippen molar-refractivity contribution in [3.05, 3.63) is 0 Å². The van der Waals surface area contributed by atoms with Gasteiger partial charge < -0.3 is 16.0 Å². The Morgan fingerprint density at radius 3 is 2.32 bits per heavy atom. The Morgan fingerprint density at radius 2 is 1.77 bits per heavy atom. The van der Waals surface area contributed by atoms with Gasteiger partial charge in [0.2, 0.25) is 11.8 Å². The molecular formula is C15H27ClN4O2. The van der Waals surface area contributed by atoms with E-state index in [1.807, 2.05) is 4.90 Å². The van der Waals surface area contributed by atoms with Crippen molar-refractivity contribution in [3.8, 4) is 0 Å². The Labute approximate surface area is 138 Å². The van der Waals surface area contributed by atoms with Crippen molar-refractivity contribution in [1.29, 1.82) is 0 Å². The standard InChI is InChI=1S/C15H26N4O2.ClH/c1-17-12(20)9-18-4-6-19(7-5-18)15(21)13-10-2-3-11(8-10)14(13)16;/h10-11,13-14H,2-9,16H2,1H3,(H,17,20);1H. The van der Waals surface area contributed by atoms with Gasteiger partial charge in [0, 0.05) is 39.3 Å². The number of likely N-dealkylation sites (N-methyl/N-ethyl adjacent to an activating group) is 1. The van der Waals surface area contributed by atoms with Crippen LogP contribution in [-0.4, -0.2) is 67.4 Å². The van der Waals surface area contributed by atoms with Gasteiger partial charge in [-0.1, -0.05) is 0 Å². The lowest BCUT2D eigenvalue weighted by Crippen LogP contribution is -2.54. The summed E-state index contributed by atoms with van der Waals surface area (Å²) in [6.45, 7) is 3.41. The SMILES string of the molecule is CNC(=O)CN1CCN(C(=O)C2C3CCC(C3)C2N)CC1.Cl. The molecule has 2 bridgehead atoms. The van der Waals surface area contributed by atoms with Crippen molar-refractivity contribution in [2.75, 3.05) is 39.8 Å². The summed E-state index contributed by atoms with van der Waals surface area (Å²) in [5.41, 5.74) is 6.27. The Kier molecular flexibility index (Phi) is 5.69. The molecule has 1 aliphatic heterocycles. The summed E-state index contributed by atoms with van der Waals surface area (Å²) in [7, 11) is 1.65. The highest BCUT2D eigenvalue weighted by atomic mass is 35.5. The monoisotopic (exact) mass is 330 g/mol. The van der Waals surface area contributed by atoms with Crippen LogP contribution in [0.25, 0.3) is 0 Å². The quantitative estimate of drug-likeness (QED) is 0.743. The third kappa shape index (κ3) is 3.24. The molecular weight excluding hydrogens is 304 g/mol. The molecule has 0 radical (unpaired) electrons. The minimum atomic E-state index is 0. The van der Waals surface area contributed by atoms with Crippen molar-refractivity contribution < 1.29 is 9.59 Å². The molecule has 4 atom stereocenters. The van der Waals surface area contributed by atoms with Crippen LogP contribution in [0.15, 0.2) is 0 Å². The van der Waals surface area contributed by atoms with Crippen molar-refractivity contribution in [2.45, 2.75) is 25.3 Å². The van der Waals surface area contributed by atoms with E-state index in [1.54, 1.807) is 7.05 Å². The summed E-state index contributed by atoms with van der Waals surface area (Å²) in [6.07, 6.45) is 3.52. The van der Waals surface area contributed by atoms with E-state index < -0.39 is 0 Å². The lowest BCUT2D eigenvalue weighted by molar-refractivity contribution is -0.139. The zero-order valence-electron chi connectivity index (χ0n) is 13.2. The second kappa shape index (κ2) is 7.15. The molecule has 1 heterocycles. The minimum Gasteiger partial charge on any atom is -0.358 e. The number of nitrogens with two attached hydrogens (primary N) is 1. The van der Waals surface area contributed by atoms with Gasteiger partial charge in [-0.3, -0.25) is 14.5 Å². The van der Waals surface area contributed by atoms with E-state index in [-0.39, 0.29) is 36.2 Å². The third-order valence-electron chi connectivity index (χ3n) is 5.60. The molecule has 2 aliphatic carbocycles. The Hall–Kier alpha value is -0.850. The number of fused-ring (bicyclic) bond motifs is 2. The van der Waals surface area contributed by atoms with Crippen LogP contribution in [-0.2, 0) is 9.59 Å². The van der Waals surface area contributed by atoms with Crippen molar-refractivity contribution in [3.63, 3.8) is 0 Å². The summed E-state index contributed by atoms with van der Waals surface area (Å²) >= 11 is 0. The van der Waals surface area contributed by atoms with Crippen molar-refractivity contribution >= 4 is 24.2 Å². The first kappa shape index (κ1) is 17.5. The van der Waals surface area contributed by atoms with Crippen molar-refractivity contribution in [2.24, 2.45) is 23.5 Å². The van der Waals surface area contributed by atoms with Crippen LogP contribution in [0.5, 0.6) is 0 Å². The summed E-state index contributed by atoms with van der Waals surface area (Å²) < 4.78 is 0. The van der Waals surface area contributed by atoms with Crippen LogP contribution in [0.1, 0.15) is 19.3 Å². The number of rotatable bonds is 3. The highest BCUT2D eigenvalue weighted by molar-refractivity contribution is 5.85. The molecule has 0 aromatic heterocycles. The number of amides is 2. The maximum absolute atomic E-state index is 12.7. The van der Waals surface area contributed by atoms with E-state index in [9.17, 15) is 9.59 Å². The van der Waals surface area contributed by atoms with Gasteiger partial charge in [-0.2, -0.15) is 0 Å². The average Bonchev–Trinajstić information content (AvgIpc) is 3.08. The molecule has 0 spiro atoms. The predicted octanol–water partition coefficient (Wildman–Crippen LogP) is -0.328. The fourth-order valence-corrected chi connectivity index (χ4v) is 4.32. The highest BCUT2D eigenvalue weighted by Gasteiger charge is 2.50. The number of piperazine rings is 1. The second-order valence-electron chi connectivity index (χ2n) is 6.71. The van der Waals surface area contributed by atoms with E-state index in [4.69, 9.17) is 5.73 Å². The lowest BCUT2D eigenvalue weighted by Gasteiger charge is -2.38. The van der Waals surface area contributed by atoms with Crippen LogP contribution >= 0.6 is 12.4 Å². The highest BCUT2D eigenvalue weighted by Crippen LogP contribution is 2.48. The first-order chi connectivity index (χ1) is 10.1. The maximum Gasteiger partial charge on any atom is 0.233 e. The van der Waals surface area contributed by atoms with Gasteiger partial charge in [0.25, 0.3) is 0 Å². The molecule has 22 heavy (non-hydrogen) atoms. The number of halogens is 1. The summed E-state index contributed by atoms with van der Waals surface area (Å²) in [6, 6.07) is 0.0696. The number of nitrogens with zero attached hydrogens (tertiary/aromatic N) is 2. The maximum atomic E-state index is 12.7. The van der Waals surface area contributed by atoms with Crippen molar-refractivity contribution in [1.82, 2.24) is 15.1 Å². The third-order valence-corrected chi connectivity index (χ3v) is 5.60. The molecule has 3 N–H and O–H groups in total. The molecule has 2 saturated carbocycles. The molecule has 3 aliphatic rings. The summed E-state index contributed by atoms with van der Waals surface area (Å²) in [5, 5.41) is 2.64. The zero-order valence-corrected chi connectivity index (χ0v) is 14.0. The zero-order chi connectivity index (χ0) is 15.0. The predicted molar refractivity (Wildman–Crippen MR) is 86.6 cm³/mol. The molecule has 0 aromatic carbocycles. The van der Waals surface area contributed by atoms with Crippen LogP contribution in [0, 0.1) is 17.8 Å². The Balaban J connectivity index is 0.00000176. The molecule has 7 heteroatoms. The minimum absolute atomic E-state index is 0. The molecule has 4 unspecified atom stereocenters. The van der Waals surface area contributed by atoms with Crippen LogP contribution in [0.3, 0.4) is 0 Å². The van der Waals surface area contributed by atoms with Crippen LogP contribution < -0.4 is 11.1 Å². The van der Waals surface area contributed by atoms with Gasteiger partial charge in [0.1, 0.15) is 0 Å². The Morgan fingerprint density at radius 1 is 1.14 bits per heavy atom. The van der Waals surface area contributed by atoms with Gasteiger partial charge in [0.15, 0.2) is 0 Å². The van der Waals surface area contributed by atoms with E-state index >= 15 is 0 Å². The average molecular weight is 331 g/mol. The Bertz CT molecular complexity index is 424. The fraction of sp³-hybridized carbons (Fsp3) is 0.867. The summed E-state index contributed by atoms with van der Waals surface area (Å²) in [4.78, 5) is 28.2. The molecule has 2 amide bonds. The number of carbonyl (C=O) groups is 2. The molecule has 3 rings (SSSR count). The molecule has 0 aromatic rings. The van der Waals surface area contributed by atoms with E-state index in [0.29, 0.717) is 18.4 Å². The smallest absolute Gasteiger partial charge is 0.233 e. The topological polar surface area (TPSA) is 78.7 Å². The fourth-order valence-electron chi connectivity index (χ4n) is 4.32. The normalized spacial score (nSPS) is 34.4. The van der Waals surface area contributed by atoms with Crippen LogP contribution in [0.4, 0.5) is 0 Å². The first-order valence-corrected chi connectivity index (χ1v) is 8.07. The number of nitrogens with one attached hydrogen (secondary N) is 1. The largest absolute Gasteiger partial charge is 0.358 e. The van der Waals surface area contributed by atoms with E-state index in [1.165, 1.54) is 12.8 Å².